The van der Waals surface area contributed by atoms with Gasteiger partial charge in [-0.1, -0.05) is 17.7 Å². The Hall–Kier alpha value is -1.13. The number of carbonyl (C=O) groups is 1. The molecule has 0 aliphatic heterocycles. The van der Waals surface area contributed by atoms with E-state index >= 15 is 0 Å². The Morgan fingerprint density at radius 1 is 1.62 bits per heavy atom. The van der Waals surface area contributed by atoms with Crippen molar-refractivity contribution in [3.8, 4) is 0 Å². The summed E-state index contributed by atoms with van der Waals surface area (Å²) < 4.78 is 0. The predicted octanol–water partition coefficient (Wildman–Crippen LogP) is 1.49. The molecule has 1 fully saturated rings. The summed E-state index contributed by atoms with van der Waals surface area (Å²) in [6, 6.07) is 2.76. The average molecular weight is 241 g/mol. The summed E-state index contributed by atoms with van der Waals surface area (Å²) in [5.41, 5.74) is 6.77. The fraction of sp³-hybridized carbons (Fsp3) is 0.455. The Bertz CT molecular complexity index is 444. The van der Waals surface area contributed by atoms with E-state index in [1.54, 1.807) is 0 Å². The molecule has 16 heavy (non-hydrogen) atoms. The maximum absolute atomic E-state index is 10.9. The van der Waals surface area contributed by atoms with Gasteiger partial charge in [0.25, 0.3) is 0 Å². The van der Waals surface area contributed by atoms with Crippen LogP contribution in [-0.4, -0.2) is 22.1 Å². The van der Waals surface area contributed by atoms with Crippen LogP contribution in [0.25, 0.3) is 0 Å². The second kappa shape index (κ2) is 3.71. The van der Waals surface area contributed by atoms with E-state index in [2.05, 4.69) is 4.98 Å². The molecule has 1 aliphatic carbocycles. The minimum Gasteiger partial charge on any atom is -0.480 e. The van der Waals surface area contributed by atoms with Gasteiger partial charge >= 0.3 is 5.97 Å². The van der Waals surface area contributed by atoms with Crippen LogP contribution < -0.4 is 5.73 Å². The van der Waals surface area contributed by atoms with Crippen molar-refractivity contribution in [2.24, 2.45) is 5.73 Å². The monoisotopic (exact) mass is 240 g/mol. The standard InChI is InChI=1S/C11H13ClN2O2/c1-6-2-3-7(9(12)14-6)11(4-5-11)8(13)10(15)16/h2-3,8H,4-5,13H2,1H3,(H,15,16). The lowest BCUT2D eigenvalue weighted by molar-refractivity contribution is -0.139. The quantitative estimate of drug-likeness (QED) is 0.785. The number of nitrogens with two attached hydrogens (primary N) is 1. The Balaban J connectivity index is 2.40. The highest BCUT2D eigenvalue weighted by molar-refractivity contribution is 6.30. The smallest absolute Gasteiger partial charge is 0.321 e. The number of aryl methyl sites for hydroxylation is 1. The summed E-state index contributed by atoms with van der Waals surface area (Å²) >= 11 is 6.04. The molecule has 5 heteroatoms. The topological polar surface area (TPSA) is 76.2 Å². The third kappa shape index (κ3) is 1.68. The summed E-state index contributed by atoms with van der Waals surface area (Å²) in [4.78, 5) is 15.1. The highest BCUT2D eigenvalue weighted by Crippen LogP contribution is 2.52. The number of nitrogens with zero attached hydrogens (tertiary/aromatic N) is 1. The van der Waals surface area contributed by atoms with E-state index in [4.69, 9.17) is 22.4 Å². The molecule has 0 spiro atoms. The molecule has 0 aromatic carbocycles. The highest BCUT2D eigenvalue weighted by atomic mass is 35.5. The zero-order valence-corrected chi connectivity index (χ0v) is 9.66. The molecule has 1 saturated carbocycles. The van der Waals surface area contributed by atoms with Gasteiger partial charge in [-0.05, 0) is 31.4 Å². The maximum Gasteiger partial charge on any atom is 0.321 e. The molecule has 0 radical (unpaired) electrons. The van der Waals surface area contributed by atoms with Gasteiger partial charge in [-0.25, -0.2) is 4.98 Å². The van der Waals surface area contributed by atoms with E-state index in [0.717, 1.165) is 24.1 Å². The van der Waals surface area contributed by atoms with Crippen LogP contribution in [0.15, 0.2) is 12.1 Å². The molecule has 86 valence electrons. The number of aromatic nitrogens is 1. The molecule has 0 bridgehead atoms. The number of hydrogen-bond acceptors (Lipinski definition) is 3. The lowest BCUT2D eigenvalue weighted by atomic mass is 9.89. The highest BCUT2D eigenvalue weighted by Gasteiger charge is 2.53. The number of pyridine rings is 1. The lowest BCUT2D eigenvalue weighted by Crippen LogP contribution is -2.42. The average Bonchev–Trinajstić information content (AvgIpc) is 2.97. The van der Waals surface area contributed by atoms with E-state index in [0.29, 0.717) is 5.15 Å². The number of aliphatic carboxylic acids is 1. The number of carboxylic acids is 1. The zero-order chi connectivity index (χ0) is 11.9. The second-order valence-electron chi connectivity index (χ2n) is 4.26. The Labute approximate surface area is 98.4 Å². The van der Waals surface area contributed by atoms with Crippen LogP contribution in [-0.2, 0) is 10.2 Å². The van der Waals surface area contributed by atoms with Crippen molar-refractivity contribution in [3.05, 3.63) is 28.5 Å². The molecule has 1 aromatic heterocycles. The lowest BCUT2D eigenvalue weighted by Gasteiger charge is -2.20. The van der Waals surface area contributed by atoms with Gasteiger partial charge in [-0.3, -0.25) is 4.79 Å². The first-order chi connectivity index (χ1) is 7.47. The molecular weight excluding hydrogens is 228 g/mol. The molecule has 0 saturated heterocycles. The van der Waals surface area contributed by atoms with Gasteiger partial charge in [0.1, 0.15) is 11.2 Å². The van der Waals surface area contributed by atoms with Crippen molar-refractivity contribution >= 4 is 17.6 Å². The molecule has 1 heterocycles. The Morgan fingerprint density at radius 2 is 2.25 bits per heavy atom. The second-order valence-corrected chi connectivity index (χ2v) is 4.62. The summed E-state index contributed by atoms with van der Waals surface area (Å²) in [7, 11) is 0. The first-order valence-corrected chi connectivity index (χ1v) is 5.47. The van der Waals surface area contributed by atoms with Crippen molar-refractivity contribution in [1.29, 1.82) is 0 Å². The number of rotatable bonds is 3. The first-order valence-electron chi connectivity index (χ1n) is 5.09. The summed E-state index contributed by atoms with van der Waals surface area (Å²) in [5.74, 6) is -0.992. The summed E-state index contributed by atoms with van der Waals surface area (Å²) in [5, 5.41) is 9.35. The fourth-order valence-corrected chi connectivity index (χ4v) is 2.40. The normalized spacial score (nSPS) is 19.2. The molecule has 1 unspecified atom stereocenters. The van der Waals surface area contributed by atoms with Crippen LogP contribution in [0.2, 0.25) is 5.15 Å². The minimum atomic E-state index is -0.992. The molecular formula is C11H13ClN2O2. The summed E-state index contributed by atoms with van der Waals surface area (Å²) in [6.07, 6.45) is 1.51. The predicted molar refractivity (Wildman–Crippen MR) is 60.5 cm³/mol. The third-order valence-corrected chi connectivity index (χ3v) is 3.46. The van der Waals surface area contributed by atoms with E-state index in [1.165, 1.54) is 0 Å². The van der Waals surface area contributed by atoms with Crippen molar-refractivity contribution in [3.63, 3.8) is 0 Å². The zero-order valence-electron chi connectivity index (χ0n) is 8.90. The number of carboxylic acid groups (broad SMARTS) is 1. The molecule has 1 atom stereocenters. The molecule has 1 aliphatic rings. The van der Waals surface area contributed by atoms with Gasteiger partial charge in [0, 0.05) is 11.1 Å². The SMILES string of the molecule is Cc1ccc(C2(C(N)C(=O)O)CC2)c(Cl)n1. The largest absolute Gasteiger partial charge is 0.480 e. The number of halogens is 1. The van der Waals surface area contributed by atoms with E-state index in [1.807, 2.05) is 19.1 Å². The van der Waals surface area contributed by atoms with Crippen LogP contribution in [0.1, 0.15) is 24.1 Å². The van der Waals surface area contributed by atoms with E-state index in [9.17, 15) is 4.79 Å². The van der Waals surface area contributed by atoms with Gasteiger partial charge in [-0.2, -0.15) is 0 Å². The molecule has 0 amide bonds. The molecule has 4 nitrogen and oxygen atoms in total. The van der Waals surface area contributed by atoms with Gasteiger partial charge in [-0.15, -0.1) is 0 Å². The van der Waals surface area contributed by atoms with Gasteiger partial charge in [0.2, 0.25) is 0 Å². The van der Waals surface area contributed by atoms with Crippen LogP contribution in [0, 0.1) is 6.92 Å². The van der Waals surface area contributed by atoms with Crippen LogP contribution in [0.3, 0.4) is 0 Å². The van der Waals surface area contributed by atoms with Gasteiger partial charge in [0.05, 0.1) is 0 Å². The van der Waals surface area contributed by atoms with Gasteiger partial charge < -0.3 is 10.8 Å². The molecule has 2 rings (SSSR count). The van der Waals surface area contributed by atoms with E-state index in [-0.39, 0.29) is 0 Å². The molecule has 3 N–H and O–H groups in total. The van der Waals surface area contributed by atoms with Crippen LogP contribution in [0.5, 0.6) is 0 Å². The fourth-order valence-electron chi connectivity index (χ4n) is 2.02. The Kier molecular flexibility index (Phi) is 2.64. The third-order valence-electron chi connectivity index (χ3n) is 3.17. The minimum absolute atomic E-state index is 0.370. The van der Waals surface area contributed by atoms with Gasteiger partial charge in [0.15, 0.2) is 0 Å². The van der Waals surface area contributed by atoms with E-state index < -0.39 is 17.4 Å². The Morgan fingerprint density at radius 3 is 2.69 bits per heavy atom. The first kappa shape index (κ1) is 11.4. The van der Waals surface area contributed by atoms with Crippen molar-refractivity contribution in [2.75, 3.05) is 0 Å². The van der Waals surface area contributed by atoms with Crippen LogP contribution >= 0.6 is 11.6 Å². The summed E-state index contributed by atoms with van der Waals surface area (Å²) in [6.45, 7) is 1.84. The van der Waals surface area contributed by atoms with Crippen LogP contribution in [0.4, 0.5) is 0 Å². The van der Waals surface area contributed by atoms with Crippen molar-refractivity contribution in [1.82, 2.24) is 4.98 Å². The van der Waals surface area contributed by atoms with Crippen molar-refractivity contribution in [2.45, 2.75) is 31.2 Å². The maximum atomic E-state index is 10.9. The molecule has 1 aromatic rings. The number of hydrogen-bond donors (Lipinski definition) is 2. The van der Waals surface area contributed by atoms with Crippen molar-refractivity contribution < 1.29 is 9.90 Å².